The number of benzene rings is 2. The van der Waals surface area contributed by atoms with Crippen LogP contribution in [-0.2, 0) is 20.9 Å². The molecule has 31 heavy (non-hydrogen) atoms. The monoisotopic (exact) mass is 422 g/mol. The van der Waals surface area contributed by atoms with Crippen LogP contribution < -0.4 is 15.4 Å². The van der Waals surface area contributed by atoms with Gasteiger partial charge >= 0.3 is 12.0 Å². The predicted molar refractivity (Wildman–Crippen MR) is 114 cm³/mol. The summed E-state index contributed by atoms with van der Waals surface area (Å²) in [5.41, 5.74) is 2.71. The second-order valence-electron chi connectivity index (χ2n) is 7.65. The van der Waals surface area contributed by atoms with Crippen molar-refractivity contribution < 1.29 is 23.8 Å². The van der Waals surface area contributed by atoms with Crippen LogP contribution in [0.1, 0.15) is 36.9 Å². The van der Waals surface area contributed by atoms with Crippen molar-refractivity contribution in [3.8, 4) is 5.75 Å². The van der Waals surface area contributed by atoms with Crippen LogP contribution in [0, 0.1) is 0 Å². The van der Waals surface area contributed by atoms with E-state index >= 15 is 0 Å². The number of nitrogens with one attached hydrogen (secondary N) is 2. The number of carbonyl (C=O) groups is 2. The number of carbonyl (C=O) groups excluding carboxylic acids is 2. The smallest absolute Gasteiger partial charge is 0.338 e. The maximum Gasteiger partial charge on any atom is 0.338 e. The molecule has 2 aromatic carbocycles. The Morgan fingerprint density at radius 2 is 1.90 bits per heavy atom. The number of rotatable bonds is 7. The molecule has 0 unspecified atom stereocenters. The van der Waals surface area contributed by atoms with Gasteiger partial charge in [0.2, 0.25) is 0 Å². The van der Waals surface area contributed by atoms with E-state index in [9.17, 15) is 9.59 Å². The zero-order valence-corrected chi connectivity index (χ0v) is 17.4. The van der Waals surface area contributed by atoms with E-state index in [1.807, 2.05) is 54.6 Å². The standard InChI is InChI=1S/C24H26N2O5/c1-16-21(23(27)31-15-20-8-5-13-29-20)22(26-24(28)25-16)18-9-11-19(12-10-18)30-14-17-6-3-2-4-7-17/h2-4,6-7,9-12,20,22H,5,8,13-15H2,1H3,(H2,25,26,28)/t20-,22+/m1/s1. The lowest BCUT2D eigenvalue weighted by atomic mass is 9.95. The fraction of sp³-hybridized carbons (Fsp3) is 0.333. The zero-order chi connectivity index (χ0) is 21.6. The topological polar surface area (TPSA) is 85.9 Å². The average molecular weight is 422 g/mol. The van der Waals surface area contributed by atoms with Crippen molar-refractivity contribution in [1.82, 2.24) is 10.6 Å². The molecule has 1 fully saturated rings. The molecule has 0 aliphatic carbocycles. The van der Waals surface area contributed by atoms with E-state index in [1.54, 1.807) is 6.92 Å². The van der Waals surface area contributed by atoms with Gasteiger partial charge in [-0.2, -0.15) is 0 Å². The molecule has 0 saturated carbocycles. The zero-order valence-electron chi connectivity index (χ0n) is 17.4. The fourth-order valence-electron chi connectivity index (χ4n) is 3.73. The summed E-state index contributed by atoms with van der Waals surface area (Å²) in [4.78, 5) is 24.9. The van der Waals surface area contributed by atoms with Crippen LogP contribution >= 0.6 is 0 Å². The van der Waals surface area contributed by atoms with Crippen LogP contribution in [0.3, 0.4) is 0 Å². The van der Waals surface area contributed by atoms with Gasteiger partial charge in [0.1, 0.15) is 19.0 Å². The van der Waals surface area contributed by atoms with Crippen LogP contribution in [0.25, 0.3) is 0 Å². The van der Waals surface area contributed by atoms with Gasteiger partial charge in [0.05, 0.1) is 17.7 Å². The maximum absolute atomic E-state index is 12.8. The van der Waals surface area contributed by atoms with Gasteiger partial charge < -0.3 is 24.8 Å². The molecular formula is C24H26N2O5. The van der Waals surface area contributed by atoms with Gasteiger partial charge in [-0.25, -0.2) is 9.59 Å². The molecule has 2 aliphatic rings. The lowest BCUT2D eigenvalue weighted by Gasteiger charge is -2.28. The van der Waals surface area contributed by atoms with Gasteiger partial charge in [0, 0.05) is 12.3 Å². The molecule has 162 valence electrons. The molecular weight excluding hydrogens is 396 g/mol. The first kappa shape index (κ1) is 20.9. The highest BCUT2D eigenvalue weighted by Gasteiger charge is 2.32. The molecule has 7 nitrogen and oxygen atoms in total. The minimum absolute atomic E-state index is 0.0597. The van der Waals surface area contributed by atoms with Gasteiger partial charge in [-0.1, -0.05) is 42.5 Å². The van der Waals surface area contributed by atoms with E-state index < -0.39 is 12.0 Å². The summed E-state index contributed by atoms with van der Waals surface area (Å²) in [5, 5.41) is 5.48. The molecule has 1 saturated heterocycles. The SMILES string of the molecule is CC1=C(C(=O)OC[C@H]2CCCO2)[C@H](c2ccc(OCc3ccccc3)cc2)NC(=O)N1. The maximum atomic E-state index is 12.8. The third-order valence-electron chi connectivity index (χ3n) is 5.38. The Morgan fingerprint density at radius 1 is 1.13 bits per heavy atom. The van der Waals surface area contributed by atoms with Crippen LogP contribution in [0.5, 0.6) is 5.75 Å². The molecule has 2 aromatic rings. The minimum atomic E-state index is -0.603. The van der Waals surface area contributed by atoms with Crippen molar-refractivity contribution in [1.29, 1.82) is 0 Å². The molecule has 0 radical (unpaired) electrons. The van der Waals surface area contributed by atoms with Gasteiger partial charge in [0.15, 0.2) is 0 Å². The fourth-order valence-corrected chi connectivity index (χ4v) is 3.73. The van der Waals surface area contributed by atoms with Crippen molar-refractivity contribution in [2.75, 3.05) is 13.2 Å². The lowest BCUT2D eigenvalue weighted by Crippen LogP contribution is -2.45. The van der Waals surface area contributed by atoms with Crippen LogP contribution in [0.4, 0.5) is 4.79 Å². The van der Waals surface area contributed by atoms with Crippen molar-refractivity contribution in [2.45, 2.75) is 38.5 Å². The molecule has 0 aromatic heterocycles. The normalized spacial score (nSPS) is 20.7. The van der Waals surface area contributed by atoms with Gasteiger partial charge in [-0.05, 0) is 43.0 Å². The number of allylic oxidation sites excluding steroid dienone is 1. The molecule has 7 heteroatoms. The van der Waals surface area contributed by atoms with Crippen LogP contribution in [0.15, 0.2) is 65.9 Å². The van der Waals surface area contributed by atoms with Crippen molar-refractivity contribution >= 4 is 12.0 Å². The first-order chi connectivity index (χ1) is 15.1. The molecule has 2 N–H and O–H groups in total. The molecule has 4 rings (SSSR count). The number of hydrogen-bond acceptors (Lipinski definition) is 5. The van der Waals surface area contributed by atoms with E-state index in [2.05, 4.69) is 10.6 Å². The van der Waals surface area contributed by atoms with Gasteiger partial charge in [-0.3, -0.25) is 0 Å². The van der Waals surface area contributed by atoms with Gasteiger partial charge in [0.25, 0.3) is 0 Å². The molecule has 0 spiro atoms. The summed E-state index contributed by atoms with van der Waals surface area (Å²) in [7, 11) is 0. The van der Waals surface area contributed by atoms with E-state index in [1.165, 1.54) is 0 Å². The summed E-state index contributed by atoms with van der Waals surface area (Å²) in [6, 6.07) is 16.3. The summed E-state index contributed by atoms with van der Waals surface area (Å²) >= 11 is 0. The van der Waals surface area contributed by atoms with Crippen LogP contribution in [-0.4, -0.2) is 31.3 Å². The molecule has 2 amide bonds. The Hall–Kier alpha value is -3.32. The predicted octanol–water partition coefficient (Wildman–Crippen LogP) is 3.62. The third-order valence-corrected chi connectivity index (χ3v) is 5.38. The summed E-state index contributed by atoms with van der Waals surface area (Å²) in [5.74, 6) is 0.242. The second kappa shape index (κ2) is 9.66. The van der Waals surface area contributed by atoms with E-state index in [-0.39, 0.29) is 18.7 Å². The molecule has 2 aliphatic heterocycles. The largest absolute Gasteiger partial charge is 0.489 e. The van der Waals surface area contributed by atoms with E-state index in [4.69, 9.17) is 14.2 Å². The van der Waals surface area contributed by atoms with Crippen molar-refractivity contribution in [2.24, 2.45) is 0 Å². The Bertz CT molecular complexity index is 950. The van der Waals surface area contributed by atoms with E-state index in [0.717, 1.165) is 24.0 Å². The molecule has 2 heterocycles. The number of ether oxygens (including phenoxy) is 3. The minimum Gasteiger partial charge on any atom is -0.489 e. The van der Waals surface area contributed by atoms with Crippen molar-refractivity contribution in [3.05, 3.63) is 77.0 Å². The Kier molecular flexibility index (Phi) is 6.52. The number of hydrogen-bond donors (Lipinski definition) is 2. The summed E-state index contributed by atoms with van der Waals surface area (Å²) in [6.07, 6.45) is 1.80. The quantitative estimate of drug-likeness (QED) is 0.666. The molecule has 0 bridgehead atoms. The van der Waals surface area contributed by atoms with E-state index in [0.29, 0.717) is 30.2 Å². The molecule has 2 atom stereocenters. The lowest BCUT2D eigenvalue weighted by molar-refractivity contribution is -0.142. The highest BCUT2D eigenvalue weighted by molar-refractivity contribution is 5.95. The number of esters is 1. The average Bonchev–Trinajstić information content (AvgIpc) is 3.30. The Balaban J connectivity index is 1.45. The van der Waals surface area contributed by atoms with Crippen LogP contribution in [0.2, 0.25) is 0 Å². The number of urea groups is 1. The summed E-state index contributed by atoms with van der Waals surface area (Å²) < 4.78 is 16.8. The van der Waals surface area contributed by atoms with Crippen molar-refractivity contribution in [3.63, 3.8) is 0 Å². The highest BCUT2D eigenvalue weighted by atomic mass is 16.6. The first-order valence-corrected chi connectivity index (χ1v) is 10.4. The number of amides is 2. The van der Waals surface area contributed by atoms with Gasteiger partial charge in [-0.15, -0.1) is 0 Å². The first-order valence-electron chi connectivity index (χ1n) is 10.4. The third kappa shape index (κ3) is 5.24. The Labute approximate surface area is 181 Å². The summed E-state index contributed by atoms with van der Waals surface area (Å²) in [6.45, 7) is 3.07. The second-order valence-corrected chi connectivity index (χ2v) is 7.65. The Morgan fingerprint density at radius 3 is 2.61 bits per heavy atom. The highest BCUT2D eigenvalue weighted by Crippen LogP contribution is 2.29.